The van der Waals surface area contributed by atoms with Gasteiger partial charge in [-0.25, -0.2) is 0 Å². The number of hydrogen-bond donors (Lipinski definition) is 0. The van der Waals surface area contributed by atoms with E-state index in [-0.39, 0.29) is 0 Å². The van der Waals surface area contributed by atoms with Crippen LogP contribution in [0.3, 0.4) is 0 Å². The molecule has 1 aromatic rings. The van der Waals surface area contributed by atoms with E-state index in [4.69, 9.17) is 4.74 Å². The maximum Gasteiger partial charge on any atom is 0.233 e. The van der Waals surface area contributed by atoms with Crippen LogP contribution in [-0.2, 0) is 0 Å². The molecule has 1 heterocycles. The highest BCUT2D eigenvalue weighted by atomic mass is 16.5. The molecule has 0 aromatic carbocycles. The summed E-state index contributed by atoms with van der Waals surface area (Å²) in [5.74, 6) is 0.583. The number of aromatic nitrogens is 2. The lowest BCUT2D eigenvalue weighted by atomic mass is 10.5. The highest BCUT2D eigenvalue weighted by Gasteiger charge is 1.93. The molecule has 0 saturated heterocycles. The second kappa shape index (κ2) is 4.66. The van der Waals surface area contributed by atoms with E-state index in [1.165, 1.54) is 0 Å². The fraction of sp³-hybridized carbons (Fsp3) is 0.500. The van der Waals surface area contributed by atoms with Crippen LogP contribution in [0.25, 0.3) is 0 Å². The molecule has 0 unspecified atom stereocenters. The van der Waals surface area contributed by atoms with Gasteiger partial charge in [-0.2, -0.15) is 5.10 Å². The monoisotopic (exact) mass is 167 g/mol. The molecule has 0 N–H and O–H groups in total. The van der Waals surface area contributed by atoms with Gasteiger partial charge in [0.1, 0.15) is 6.61 Å². The van der Waals surface area contributed by atoms with E-state index in [9.17, 15) is 0 Å². The van der Waals surface area contributed by atoms with Gasteiger partial charge in [0.25, 0.3) is 0 Å². The Morgan fingerprint density at radius 3 is 2.92 bits per heavy atom. The number of ether oxygens (including phenoxy) is 1. The lowest BCUT2D eigenvalue weighted by Crippen LogP contribution is -2.19. The summed E-state index contributed by atoms with van der Waals surface area (Å²) in [5.41, 5.74) is 0. The first-order valence-corrected chi connectivity index (χ1v) is 3.84. The summed E-state index contributed by atoms with van der Waals surface area (Å²) in [6.45, 7) is 1.53. The second-order valence-corrected chi connectivity index (χ2v) is 2.71. The lowest BCUT2D eigenvalue weighted by Gasteiger charge is -2.09. The zero-order chi connectivity index (χ0) is 8.81. The minimum atomic E-state index is 0.583. The molecule has 1 aromatic heterocycles. The molecule has 0 spiro atoms. The molecular weight excluding hydrogens is 154 g/mol. The molecule has 0 saturated carbocycles. The van der Waals surface area contributed by atoms with Gasteiger partial charge in [-0.3, -0.25) is 0 Å². The highest BCUT2D eigenvalue weighted by molar-refractivity contribution is 5.04. The first kappa shape index (κ1) is 8.93. The van der Waals surface area contributed by atoms with Crippen LogP contribution in [0.4, 0.5) is 0 Å². The first-order valence-electron chi connectivity index (χ1n) is 3.84. The summed E-state index contributed by atoms with van der Waals surface area (Å²) in [4.78, 5) is 2.05. The van der Waals surface area contributed by atoms with Crippen LogP contribution in [0.15, 0.2) is 18.3 Å². The Labute approximate surface area is 72.2 Å². The lowest BCUT2D eigenvalue weighted by molar-refractivity contribution is 0.251. The summed E-state index contributed by atoms with van der Waals surface area (Å²) in [6, 6.07) is 3.60. The zero-order valence-electron chi connectivity index (χ0n) is 7.40. The predicted octanol–water partition coefficient (Wildman–Crippen LogP) is 0.417. The van der Waals surface area contributed by atoms with Crippen LogP contribution in [0.1, 0.15) is 0 Å². The molecule has 0 bridgehead atoms. The van der Waals surface area contributed by atoms with Gasteiger partial charge >= 0.3 is 0 Å². The number of hydrogen-bond acceptors (Lipinski definition) is 4. The third-order valence-electron chi connectivity index (χ3n) is 1.34. The average Bonchev–Trinajstić information content (AvgIpc) is 2.05. The van der Waals surface area contributed by atoms with Gasteiger partial charge in [0.05, 0.1) is 0 Å². The largest absolute Gasteiger partial charge is 0.475 e. The maximum absolute atomic E-state index is 5.30. The molecule has 0 aliphatic heterocycles. The maximum atomic E-state index is 5.30. The first-order chi connectivity index (χ1) is 5.79. The molecule has 12 heavy (non-hydrogen) atoms. The van der Waals surface area contributed by atoms with Gasteiger partial charge in [0, 0.05) is 18.8 Å². The molecule has 0 aliphatic rings. The Bertz CT molecular complexity index is 213. The summed E-state index contributed by atoms with van der Waals surface area (Å²) in [6.07, 6.45) is 1.62. The van der Waals surface area contributed by atoms with Crippen molar-refractivity contribution in [3.8, 4) is 5.88 Å². The summed E-state index contributed by atoms with van der Waals surface area (Å²) < 4.78 is 5.30. The topological polar surface area (TPSA) is 38.2 Å². The second-order valence-electron chi connectivity index (χ2n) is 2.71. The molecule has 66 valence electrons. The van der Waals surface area contributed by atoms with Crippen molar-refractivity contribution in [3.05, 3.63) is 18.3 Å². The van der Waals surface area contributed by atoms with Crippen molar-refractivity contribution in [2.45, 2.75) is 0 Å². The molecule has 0 fully saturated rings. The van der Waals surface area contributed by atoms with E-state index in [1.807, 2.05) is 14.1 Å². The number of likely N-dealkylation sites (N-methyl/N-ethyl adjacent to an activating group) is 1. The highest BCUT2D eigenvalue weighted by Crippen LogP contribution is 2.00. The van der Waals surface area contributed by atoms with Crippen molar-refractivity contribution in [3.63, 3.8) is 0 Å². The fourth-order valence-corrected chi connectivity index (χ4v) is 0.697. The SMILES string of the molecule is CN(C)CCOc1cccnn1. The zero-order valence-corrected chi connectivity index (χ0v) is 7.40. The van der Waals surface area contributed by atoms with Crippen molar-refractivity contribution < 1.29 is 4.74 Å². The summed E-state index contributed by atoms with van der Waals surface area (Å²) >= 11 is 0. The summed E-state index contributed by atoms with van der Waals surface area (Å²) in [5, 5.41) is 7.48. The molecule has 0 atom stereocenters. The molecule has 0 aliphatic carbocycles. The van der Waals surface area contributed by atoms with Crippen LogP contribution in [-0.4, -0.2) is 42.3 Å². The normalized spacial score (nSPS) is 10.2. The van der Waals surface area contributed by atoms with Gasteiger partial charge in [0.15, 0.2) is 0 Å². The van der Waals surface area contributed by atoms with Crippen molar-refractivity contribution in [1.82, 2.24) is 15.1 Å². The van der Waals surface area contributed by atoms with Gasteiger partial charge in [0.2, 0.25) is 5.88 Å². The van der Waals surface area contributed by atoms with Crippen LogP contribution in [0.2, 0.25) is 0 Å². The summed E-state index contributed by atoms with van der Waals surface area (Å²) in [7, 11) is 4.00. The molecule has 1 rings (SSSR count). The predicted molar refractivity (Wildman–Crippen MR) is 46.1 cm³/mol. The number of rotatable bonds is 4. The Morgan fingerprint density at radius 1 is 1.50 bits per heavy atom. The van der Waals surface area contributed by atoms with E-state index < -0.39 is 0 Å². The Morgan fingerprint density at radius 2 is 2.33 bits per heavy atom. The quantitative estimate of drug-likeness (QED) is 0.651. The molecule has 4 heteroatoms. The third-order valence-corrected chi connectivity index (χ3v) is 1.34. The van der Waals surface area contributed by atoms with Gasteiger partial charge < -0.3 is 9.64 Å². The fourth-order valence-electron chi connectivity index (χ4n) is 0.697. The van der Waals surface area contributed by atoms with Crippen molar-refractivity contribution in [2.75, 3.05) is 27.2 Å². The van der Waals surface area contributed by atoms with Gasteiger partial charge in [-0.15, -0.1) is 5.10 Å². The third kappa shape index (κ3) is 3.30. The van der Waals surface area contributed by atoms with Crippen LogP contribution >= 0.6 is 0 Å². The van der Waals surface area contributed by atoms with E-state index >= 15 is 0 Å². The van der Waals surface area contributed by atoms with Crippen LogP contribution in [0, 0.1) is 0 Å². The van der Waals surface area contributed by atoms with E-state index in [0.717, 1.165) is 6.54 Å². The molecule has 4 nitrogen and oxygen atoms in total. The van der Waals surface area contributed by atoms with Crippen molar-refractivity contribution in [2.24, 2.45) is 0 Å². The molecule has 0 radical (unpaired) electrons. The van der Waals surface area contributed by atoms with Crippen LogP contribution < -0.4 is 4.74 Å². The molecular formula is C8H13N3O. The minimum absolute atomic E-state index is 0.583. The molecule has 0 amide bonds. The number of nitrogens with zero attached hydrogens (tertiary/aromatic N) is 3. The standard InChI is InChI=1S/C8H13N3O/c1-11(2)6-7-12-8-4-3-5-9-10-8/h3-5H,6-7H2,1-2H3. The Balaban J connectivity index is 2.25. The minimum Gasteiger partial charge on any atom is -0.475 e. The smallest absolute Gasteiger partial charge is 0.233 e. The van der Waals surface area contributed by atoms with Gasteiger partial charge in [-0.1, -0.05) is 0 Å². The van der Waals surface area contributed by atoms with Gasteiger partial charge in [-0.05, 0) is 20.2 Å². The average molecular weight is 167 g/mol. The van der Waals surface area contributed by atoms with Crippen molar-refractivity contribution >= 4 is 0 Å². The van der Waals surface area contributed by atoms with E-state index in [1.54, 1.807) is 18.3 Å². The van der Waals surface area contributed by atoms with E-state index in [2.05, 4.69) is 15.1 Å². The van der Waals surface area contributed by atoms with Crippen LogP contribution in [0.5, 0.6) is 5.88 Å². The van der Waals surface area contributed by atoms with Crippen molar-refractivity contribution in [1.29, 1.82) is 0 Å². The Hall–Kier alpha value is -1.16. The van der Waals surface area contributed by atoms with E-state index in [0.29, 0.717) is 12.5 Å². The Kier molecular flexibility index (Phi) is 3.47.